The van der Waals surface area contributed by atoms with Crippen LogP contribution in [0.5, 0.6) is 5.75 Å². The molecule has 11 heteroatoms. The number of nitrogens with zero attached hydrogens (tertiary/aromatic N) is 2. The van der Waals surface area contributed by atoms with Crippen molar-refractivity contribution < 1.29 is 19.5 Å². The van der Waals surface area contributed by atoms with E-state index in [1.165, 1.54) is 48.7 Å². The molecule has 1 aliphatic heterocycles. The van der Waals surface area contributed by atoms with Gasteiger partial charge in [0, 0.05) is 30.4 Å². The summed E-state index contributed by atoms with van der Waals surface area (Å²) >= 11 is 5.88. The predicted molar refractivity (Wildman–Crippen MR) is 125 cm³/mol. The summed E-state index contributed by atoms with van der Waals surface area (Å²) in [6, 6.07) is 11.3. The van der Waals surface area contributed by atoms with Crippen LogP contribution < -0.4 is 21.7 Å². The molecule has 0 unspecified atom stereocenters. The van der Waals surface area contributed by atoms with Crippen molar-refractivity contribution in [3.05, 3.63) is 82.1 Å². The SMILES string of the molecule is Nc1nccc(C(=O)N[C@@H]2CNC[C@H]2NC(=O)c2ccc(C(=O)c3cccc(Cl)c3O)cc2)n1. The minimum atomic E-state index is -0.422. The molecule has 2 aromatic carbocycles. The molecular weight excluding hydrogens is 460 g/mol. The average Bonchev–Trinajstić information content (AvgIpc) is 3.26. The minimum absolute atomic E-state index is 0.00504. The molecule has 0 radical (unpaired) electrons. The third kappa shape index (κ3) is 4.98. The highest BCUT2D eigenvalue weighted by molar-refractivity contribution is 6.33. The van der Waals surface area contributed by atoms with E-state index in [0.29, 0.717) is 24.2 Å². The highest BCUT2D eigenvalue weighted by Crippen LogP contribution is 2.28. The fourth-order valence-electron chi connectivity index (χ4n) is 3.60. The molecule has 2 heterocycles. The van der Waals surface area contributed by atoms with E-state index in [0.717, 1.165) is 0 Å². The predicted octanol–water partition coefficient (Wildman–Crippen LogP) is 1.15. The maximum Gasteiger partial charge on any atom is 0.270 e. The van der Waals surface area contributed by atoms with Crippen molar-refractivity contribution in [3.8, 4) is 5.75 Å². The zero-order valence-corrected chi connectivity index (χ0v) is 18.5. The molecule has 2 atom stereocenters. The second kappa shape index (κ2) is 9.86. The lowest BCUT2D eigenvalue weighted by atomic mass is 10.0. The van der Waals surface area contributed by atoms with E-state index < -0.39 is 11.7 Å². The third-order valence-electron chi connectivity index (χ3n) is 5.39. The number of phenols is 1. The molecule has 0 spiro atoms. The summed E-state index contributed by atoms with van der Waals surface area (Å²) in [6.07, 6.45) is 1.39. The molecular formula is C23H21ClN6O4. The largest absolute Gasteiger partial charge is 0.506 e. The second-order valence-corrected chi connectivity index (χ2v) is 8.07. The Morgan fingerprint density at radius 2 is 1.62 bits per heavy atom. The van der Waals surface area contributed by atoms with Gasteiger partial charge in [-0.3, -0.25) is 14.4 Å². The van der Waals surface area contributed by atoms with E-state index in [1.807, 2.05) is 0 Å². The Bertz CT molecular complexity index is 1250. The number of benzene rings is 2. The number of nitrogen functional groups attached to an aromatic ring is 1. The van der Waals surface area contributed by atoms with Crippen LogP contribution in [0.15, 0.2) is 54.7 Å². The number of nitrogens with one attached hydrogen (secondary N) is 3. The standard InChI is InChI=1S/C23H21ClN6O4/c24-15-3-1-2-14(20(15)32)19(31)12-4-6-13(7-5-12)21(33)28-17-10-26-11-18(17)29-22(34)16-8-9-27-23(25)30-16/h1-9,17-18,26,32H,10-11H2,(H,28,33)(H,29,34)(H2,25,27,30)/t17-,18-/m1/s1. The van der Waals surface area contributed by atoms with Crippen molar-refractivity contribution >= 4 is 35.1 Å². The quantitative estimate of drug-likeness (QED) is 0.328. The number of anilines is 1. The molecule has 174 valence electrons. The number of nitrogens with two attached hydrogens (primary N) is 1. The average molecular weight is 481 g/mol. The second-order valence-electron chi connectivity index (χ2n) is 7.66. The van der Waals surface area contributed by atoms with Crippen molar-refractivity contribution in [3.63, 3.8) is 0 Å². The van der Waals surface area contributed by atoms with Crippen LogP contribution >= 0.6 is 11.6 Å². The summed E-state index contributed by atoms with van der Waals surface area (Å²) < 4.78 is 0. The lowest BCUT2D eigenvalue weighted by Gasteiger charge is -2.21. The molecule has 4 rings (SSSR count). The van der Waals surface area contributed by atoms with Crippen LogP contribution in [0.25, 0.3) is 0 Å². The maximum absolute atomic E-state index is 12.8. The van der Waals surface area contributed by atoms with Gasteiger partial charge in [-0.1, -0.05) is 29.8 Å². The topological polar surface area (TPSA) is 159 Å². The number of phenolic OH excluding ortho intramolecular Hbond substituents is 1. The molecule has 10 nitrogen and oxygen atoms in total. The van der Waals surface area contributed by atoms with E-state index in [4.69, 9.17) is 17.3 Å². The van der Waals surface area contributed by atoms with Gasteiger partial charge in [-0.25, -0.2) is 9.97 Å². The van der Waals surface area contributed by atoms with Gasteiger partial charge in [-0.2, -0.15) is 0 Å². The summed E-state index contributed by atoms with van der Waals surface area (Å²) in [7, 11) is 0. The van der Waals surface area contributed by atoms with Crippen molar-refractivity contribution in [1.82, 2.24) is 25.9 Å². The first kappa shape index (κ1) is 23.1. The summed E-state index contributed by atoms with van der Waals surface area (Å²) in [5, 5.41) is 19.0. The van der Waals surface area contributed by atoms with Gasteiger partial charge in [-0.05, 0) is 30.3 Å². The van der Waals surface area contributed by atoms with Crippen LogP contribution in [-0.2, 0) is 0 Å². The summed E-state index contributed by atoms with van der Waals surface area (Å²) in [5.74, 6) is -1.49. The molecule has 1 aromatic heterocycles. The van der Waals surface area contributed by atoms with Gasteiger partial charge in [0.15, 0.2) is 5.78 Å². The Morgan fingerprint density at radius 1 is 0.971 bits per heavy atom. The molecule has 1 saturated heterocycles. The Morgan fingerprint density at radius 3 is 2.29 bits per heavy atom. The summed E-state index contributed by atoms with van der Waals surface area (Å²) in [5.41, 5.74) is 6.37. The molecule has 0 saturated carbocycles. The maximum atomic E-state index is 12.8. The number of amides is 2. The van der Waals surface area contributed by atoms with Gasteiger partial charge < -0.3 is 26.8 Å². The van der Waals surface area contributed by atoms with Crippen molar-refractivity contribution in [2.75, 3.05) is 18.8 Å². The number of para-hydroxylation sites is 1. The van der Waals surface area contributed by atoms with E-state index >= 15 is 0 Å². The lowest BCUT2D eigenvalue weighted by molar-refractivity contribution is 0.0894. The van der Waals surface area contributed by atoms with E-state index in [-0.39, 0.29) is 46.0 Å². The number of halogens is 1. The Balaban J connectivity index is 1.40. The number of hydrogen-bond donors (Lipinski definition) is 5. The van der Waals surface area contributed by atoms with Crippen molar-refractivity contribution in [1.29, 1.82) is 0 Å². The van der Waals surface area contributed by atoms with Gasteiger partial charge in [0.05, 0.1) is 22.7 Å². The number of hydrogen-bond acceptors (Lipinski definition) is 8. The fourth-order valence-corrected chi connectivity index (χ4v) is 3.78. The number of rotatable bonds is 6. The number of aromatic nitrogens is 2. The van der Waals surface area contributed by atoms with Gasteiger partial charge >= 0.3 is 0 Å². The molecule has 2 amide bonds. The van der Waals surface area contributed by atoms with Crippen molar-refractivity contribution in [2.45, 2.75) is 12.1 Å². The molecule has 34 heavy (non-hydrogen) atoms. The molecule has 6 N–H and O–H groups in total. The first-order valence-electron chi connectivity index (χ1n) is 10.4. The zero-order valence-electron chi connectivity index (χ0n) is 17.8. The smallest absolute Gasteiger partial charge is 0.270 e. The van der Waals surface area contributed by atoms with Gasteiger partial charge in [0.2, 0.25) is 5.95 Å². The summed E-state index contributed by atoms with van der Waals surface area (Å²) in [4.78, 5) is 45.6. The lowest BCUT2D eigenvalue weighted by Crippen LogP contribution is -2.51. The number of ketones is 1. The number of aromatic hydroxyl groups is 1. The Kier molecular flexibility index (Phi) is 6.71. The van der Waals surface area contributed by atoms with E-state index in [9.17, 15) is 19.5 Å². The third-order valence-corrected chi connectivity index (χ3v) is 5.70. The minimum Gasteiger partial charge on any atom is -0.506 e. The number of carbonyl (C=O) groups is 3. The Hall–Kier alpha value is -4.02. The first-order valence-corrected chi connectivity index (χ1v) is 10.7. The van der Waals surface area contributed by atoms with Crippen LogP contribution in [-0.4, -0.2) is 57.8 Å². The molecule has 1 aliphatic rings. The number of carbonyl (C=O) groups excluding carboxylic acids is 3. The van der Waals surface area contributed by atoms with Crippen molar-refractivity contribution in [2.24, 2.45) is 0 Å². The highest BCUT2D eigenvalue weighted by atomic mass is 35.5. The molecule has 0 bridgehead atoms. The Labute approximate surface area is 199 Å². The van der Waals surface area contributed by atoms with Crippen LogP contribution in [0.4, 0.5) is 5.95 Å². The molecule has 1 fully saturated rings. The highest BCUT2D eigenvalue weighted by Gasteiger charge is 2.30. The zero-order chi connectivity index (χ0) is 24.2. The van der Waals surface area contributed by atoms with Gasteiger partial charge in [-0.15, -0.1) is 0 Å². The van der Waals surface area contributed by atoms with Crippen LogP contribution in [0.3, 0.4) is 0 Å². The molecule has 3 aromatic rings. The van der Waals surface area contributed by atoms with E-state index in [2.05, 4.69) is 25.9 Å². The van der Waals surface area contributed by atoms with Crippen LogP contribution in [0.1, 0.15) is 36.8 Å². The van der Waals surface area contributed by atoms with E-state index in [1.54, 1.807) is 6.07 Å². The summed E-state index contributed by atoms with van der Waals surface area (Å²) in [6.45, 7) is 0.932. The monoisotopic (exact) mass is 480 g/mol. The molecule has 0 aliphatic carbocycles. The van der Waals surface area contributed by atoms with Gasteiger partial charge in [0.1, 0.15) is 11.4 Å². The normalized spacial score (nSPS) is 17.2. The van der Waals surface area contributed by atoms with Crippen LogP contribution in [0.2, 0.25) is 5.02 Å². The van der Waals surface area contributed by atoms with Gasteiger partial charge in [0.25, 0.3) is 11.8 Å². The first-order chi connectivity index (χ1) is 16.3. The fraction of sp³-hybridized carbons (Fsp3) is 0.174. The van der Waals surface area contributed by atoms with Crippen LogP contribution in [0, 0.1) is 0 Å².